The molecule has 0 saturated heterocycles. The number of hydrogen-bond donors (Lipinski definition) is 1. The van der Waals surface area contributed by atoms with Crippen molar-refractivity contribution in [1.82, 2.24) is 0 Å². The van der Waals surface area contributed by atoms with E-state index in [0.29, 0.717) is 6.04 Å². The van der Waals surface area contributed by atoms with Crippen LogP contribution in [0.5, 0.6) is 0 Å². The Morgan fingerprint density at radius 3 is 2.43 bits per heavy atom. The molecule has 0 radical (unpaired) electrons. The molecule has 2 unspecified atom stereocenters. The Balaban J connectivity index is 1.73. The van der Waals surface area contributed by atoms with E-state index in [1.807, 2.05) is 18.2 Å². The quantitative estimate of drug-likeness (QED) is 0.836. The van der Waals surface area contributed by atoms with Gasteiger partial charge in [0.1, 0.15) is 6.07 Å². The fourth-order valence-corrected chi connectivity index (χ4v) is 4.37. The summed E-state index contributed by atoms with van der Waals surface area (Å²) in [6, 6.07) is 10.8. The maximum absolute atomic E-state index is 9.27. The molecule has 2 nitrogen and oxygen atoms in total. The average molecular weight is 282 g/mol. The summed E-state index contributed by atoms with van der Waals surface area (Å²) in [4.78, 5) is 0. The number of nitrogens with one attached hydrogen (secondary N) is 1. The van der Waals surface area contributed by atoms with Crippen LogP contribution < -0.4 is 5.32 Å². The summed E-state index contributed by atoms with van der Waals surface area (Å²) in [5, 5.41) is 13.0. The number of nitriles is 1. The van der Waals surface area contributed by atoms with Crippen molar-refractivity contribution in [3.8, 4) is 6.07 Å². The van der Waals surface area contributed by atoms with E-state index >= 15 is 0 Å². The van der Waals surface area contributed by atoms with Crippen LogP contribution in [0.2, 0.25) is 0 Å². The van der Waals surface area contributed by atoms with E-state index in [1.54, 1.807) is 0 Å². The standard InChI is InChI=1S/C19H26N2/c20-14-16-10-4-6-12-18(16)21-19-13-7-5-11-17(19)15-8-2-1-3-9-15/h4,6,10,12,15,17,19,21H,1-3,5,7-9,11,13H2. The van der Waals surface area contributed by atoms with E-state index in [-0.39, 0.29) is 0 Å². The highest BCUT2D eigenvalue weighted by atomic mass is 14.9. The Morgan fingerprint density at radius 1 is 0.905 bits per heavy atom. The van der Waals surface area contributed by atoms with Gasteiger partial charge in [-0.2, -0.15) is 5.26 Å². The molecule has 112 valence electrons. The molecule has 0 aromatic heterocycles. The molecule has 21 heavy (non-hydrogen) atoms. The van der Waals surface area contributed by atoms with Crippen molar-refractivity contribution in [2.75, 3.05) is 5.32 Å². The second-order valence-corrected chi connectivity index (χ2v) is 6.75. The summed E-state index contributed by atoms with van der Waals surface area (Å²) in [6.45, 7) is 0. The van der Waals surface area contributed by atoms with Gasteiger partial charge in [0.2, 0.25) is 0 Å². The Bertz CT molecular complexity index is 497. The molecule has 2 saturated carbocycles. The third-order valence-corrected chi connectivity index (χ3v) is 5.46. The summed E-state index contributed by atoms with van der Waals surface area (Å²) >= 11 is 0. The zero-order valence-electron chi connectivity index (χ0n) is 12.9. The highest BCUT2D eigenvalue weighted by molar-refractivity contribution is 5.57. The van der Waals surface area contributed by atoms with Crippen LogP contribution in [0.1, 0.15) is 63.4 Å². The van der Waals surface area contributed by atoms with E-state index in [2.05, 4.69) is 17.5 Å². The number of rotatable bonds is 3. The van der Waals surface area contributed by atoms with Crippen LogP contribution in [0.25, 0.3) is 0 Å². The van der Waals surface area contributed by atoms with Gasteiger partial charge in [-0.15, -0.1) is 0 Å². The number of hydrogen-bond acceptors (Lipinski definition) is 2. The van der Waals surface area contributed by atoms with Crippen molar-refractivity contribution in [3.05, 3.63) is 29.8 Å². The average Bonchev–Trinajstić information content (AvgIpc) is 2.57. The lowest BCUT2D eigenvalue weighted by atomic mass is 9.71. The van der Waals surface area contributed by atoms with Crippen molar-refractivity contribution in [1.29, 1.82) is 5.26 Å². The Kier molecular flexibility index (Phi) is 4.80. The molecule has 2 aliphatic rings. The Hall–Kier alpha value is -1.49. The smallest absolute Gasteiger partial charge is 0.101 e. The summed E-state index contributed by atoms with van der Waals surface area (Å²) < 4.78 is 0. The summed E-state index contributed by atoms with van der Waals surface area (Å²) in [5.41, 5.74) is 1.82. The molecular formula is C19H26N2. The van der Waals surface area contributed by atoms with Crippen LogP contribution in [0.15, 0.2) is 24.3 Å². The molecule has 0 heterocycles. The van der Waals surface area contributed by atoms with Crippen molar-refractivity contribution >= 4 is 5.69 Å². The monoisotopic (exact) mass is 282 g/mol. The topological polar surface area (TPSA) is 35.8 Å². The zero-order valence-corrected chi connectivity index (χ0v) is 12.9. The Labute approximate surface area is 128 Å². The summed E-state index contributed by atoms with van der Waals surface area (Å²) in [6.07, 6.45) is 12.5. The second-order valence-electron chi connectivity index (χ2n) is 6.75. The van der Waals surface area contributed by atoms with Gasteiger partial charge in [0.15, 0.2) is 0 Å². The minimum Gasteiger partial charge on any atom is -0.381 e. The van der Waals surface area contributed by atoms with Gasteiger partial charge in [0.05, 0.1) is 11.3 Å². The van der Waals surface area contributed by atoms with Crippen molar-refractivity contribution in [3.63, 3.8) is 0 Å². The van der Waals surface area contributed by atoms with Gasteiger partial charge in [0, 0.05) is 6.04 Å². The van der Waals surface area contributed by atoms with Crippen LogP contribution in [0.3, 0.4) is 0 Å². The third-order valence-electron chi connectivity index (χ3n) is 5.46. The largest absolute Gasteiger partial charge is 0.381 e. The lowest BCUT2D eigenvalue weighted by molar-refractivity contribution is 0.180. The first-order valence-electron chi connectivity index (χ1n) is 8.64. The molecule has 0 amide bonds. The molecule has 1 aromatic rings. The van der Waals surface area contributed by atoms with E-state index in [4.69, 9.17) is 0 Å². The summed E-state index contributed by atoms with van der Waals surface area (Å²) in [5.74, 6) is 1.72. The van der Waals surface area contributed by atoms with Crippen LogP contribution >= 0.6 is 0 Å². The number of nitrogens with zero attached hydrogens (tertiary/aromatic N) is 1. The SMILES string of the molecule is N#Cc1ccccc1NC1CCCCC1C1CCCCC1. The predicted octanol–water partition coefficient (Wildman–Crippen LogP) is 5.11. The normalized spacial score (nSPS) is 27.0. The van der Waals surface area contributed by atoms with E-state index in [1.165, 1.54) is 57.8 Å². The van der Waals surface area contributed by atoms with Crippen molar-refractivity contribution in [2.45, 2.75) is 63.8 Å². The third kappa shape index (κ3) is 3.40. The maximum Gasteiger partial charge on any atom is 0.101 e. The first kappa shape index (κ1) is 14.4. The molecule has 1 aromatic carbocycles. The van der Waals surface area contributed by atoms with Gasteiger partial charge < -0.3 is 5.32 Å². The summed E-state index contributed by atoms with van der Waals surface area (Å²) in [7, 11) is 0. The molecular weight excluding hydrogens is 256 g/mol. The molecule has 0 spiro atoms. The second kappa shape index (κ2) is 6.98. The van der Waals surface area contributed by atoms with Crippen LogP contribution in [-0.2, 0) is 0 Å². The minimum atomic E-state index is 0.566. The van der Waals surface area contributed by atoms with Gasteiger partial charge in [0.25, 0.3) is 0 Å². The highest BCUT2D eigenvalue weighted by Crippen LogP contribution is 2.39. The van der Waals surface area contributed by atoms with Crippen LogP contribution in [-0.4, -0.2) is 6.04 Å². The molecule has 0 aliphatic heterocycles. The highest BCUT2D eigenvalue weighted by Gasteiger charge is 2.32. The van der Waals surface area contributed by atoms with Gasteiger partial charge in [-0.05, 0) is 36.8 Å². The fraction of sp³-hybridized carbons (Fsp3) is 0.632. The van der Waals surface area contributed by atoms with Gasteiger partial charge >= 0.3 is 0 Å². The Morgan fingerprint density at radius 2 is 1.62 bits per heavy atom. The number of anilines is 1. The van der Waals surface area contributed by atoms with Crippen LogP contribution in [0.4, 0.5) is 5.69 Å². The predicted molar refractivity (Wildman–Crippen MR) is 87.1 cm³/mol. The number of benzene rings is 1. The van der Waals surface area contributed by atoms with Gasteiger partial charge in [-0.25, -0.2) is 0 Å². The van der Waals surface area contributed by atoms with Crippen molar-refractivity contribution < 1.29 is 0 Å². The first-order chi connectivity index (χ1) is 10.4. The molecule has 3 rings (SSSR count). The maximum atomic E-state index is 9.27. The molecule has 2 heteroatoms. The lowest BCUT2D eigenvalue weighted by Gasteiger charge is -2.40. The molecule has 2 atom stereocenters. The van der Waals surface area contributed by atoms with Gasteiger partial charge in [-0.3, -0.25) is 0 Å². The van der Waals surface area contributed by atoms with Crippen LogP contribution in [0, 0.1) is 23.2 Å². The van der Waals surface area contributed by atoms with E-state index in [0.717, 1.165) is 23.1 Å². The van der Waals surface area contributed by atoms with Gasteiger partial charge in [-0.1, -0.05) is 57.1 Å². The fourth-order valence-electron chi connectivity index (χ4n) is 4.37. The zero-order chi connectivity index (χ0) is 14.5. The molecule has 2 aliphatic carbocycles. The number of para-hydroxylation sites is 1. The minimum absolute atomic E-state index is 0.566. The molecule has 0 bridgehead atoms. The first-order valence-corrected chi connectivity index (χ1v) is 8.64. The lowest BCUT2D eigenvalue weighted by Crippen LogP contribution is -2.37. The molecule has 2 fully saturated rings. The van der Waals surface area contributed by atoms with E-state index in [9.17, 15) is 5.26 Å². The van der Waals surface area contributed by atoms with E-state index < -0.39 is 0 Å². The van der Waals surface area contributed by atoms with Crippen molar-refractivity contribution in [2.24, 2.45) is 11.8 Å². The molecule has 1 N–H and O–H groups in total.